The number of nitrogens with one attached hydrogen (secondary N) is 1. The molecule has 0 bridgehead atoms. The number of ether oxygens (including phenoxy) is 1. The molecule has 0 heterocycles. The molecule has 0 aromatic heterocycles. The molecule has 1 rings (SSSR count). The number of amides is 2. The predicted octanol–water partition coefficient (Wildman–Crippen LogP) is 1.32. The first-order valence-corrected chi connectivity index (χ1v) is 6.24. The molecular weight excluding hydrogens is 244 g/mol. The number of benzene rings is 1. The number of rotatable bonds is 6. The number of carbonyl (C=O) groups is 2. The van der Waals surface area contributed by atoms with Crippen molar-refractivity contribution in [3.63, 3.8) is 0 Å². The summed E-state index contributed by atoms with van der Waals surface area (Å²) in [7, 11) is 0. The summed E-state index contributed by atoms with van der Waals surface area (Å²) >= 11 is 0. The van der Waals surface area contributed by atoms with Crippen LogP contribution in [0.3, 0.4) is 0 Å². The van der Waals surface area contributed by atoms with E-state index in [9.17, 15) is 9.59 Å². The van der Waals surface area contributed by atoms with Crippen LogP contribution < -0.4 is 15.8 Å². The van der Waals surface area contributed by atoms with Crippen LogP contribution in [0.5, 0.6) is 5.75 Å². The van der Waals surface area contributed by atoms with Crippen molar-refractivity contribution >= 4 is 11.8 Å². The van der Waals surface area contributed by atoms with E-state index in [1.54, 1.807) is 31.2 Å². The zero-order chi connectivity index (χ0) is 14.4. The fourth-order valence-corrected chi connectivity index (χ4v) is 1.40. The minimum Gasteiger partial charge on any atom is -0.481 e. The summed E-state index contributed by atoms with van der Waals surface area (Å²) in [6, 6.07) is 6.37. The highest BCUT2D eigenvalue weighted by Crippen LogP contribution is 2.13. The molecule has 5 heteroatoms. The Kier molecular flexibility index (Phi) is 5.36. The van der Waals surface area contributed by atoms with E-state index in [1.165, 1.54) is 0 Å². The van der Waals surface area contributed by atoms with Crippen molar-refractivity contribution < 1.29 is 14.3 Å². The number of hydrogen-bond acceptors (Lipinski definition) is 3. The topological polar surface area (TPSA) is 81.4 Å². The van der Waals surface area contributed by atoms with E-state index in [4.69, 9.17) is 10.5 Å². The van der Waals surface area contributed by atoms with Crippen molar-refractivity contribution in [1.82, 2.24) is 5.32 Å². The summed E-state index contributed by atoms with van der Waals surface area (Å²) in [4.78, 5) is 22.6. The largest absolute Gasteiger partial charge is 0.481 e. The van der Waals surface area contributed by atoms with E-state index in [0.29, 0.717) is 23.8 Å². The highest BCUT2D eigenvalue weighted by Gasteiger charge is 2.14. The van der Waals surface area contributed by atoms with E-state index in [0.717, 1.165) is 0 Å². The lowest BCUT2D eigenvalue weighted by molar-refractivity contribution is -0.127. The summed E-state index contributed by atoms with van der Waals surface area (Å²) in [5.41, 5.74) is 5.54. The minimum atomic E-state index is -0.585. The maximum Gasteiger partial charge on any atom is 0.260 e. The molecule has 0 spiro atoms. The molecule has 0 unspecified atom stereocenters. The van der Waals surface area contributed by atoms with Gasteiger partial charge in [0.15, 0.2) is 6.10 Å². The van der Waals surface area contributed by atoms with Crippen LogP contribution in [0.2, 0.25) is 0 Å². The van der Waals surface area contributed by atoms with Gasteiger partial charge >= 0.3 is 0 Å². The molecule has 0 aliphatic carbocycles. The van der Waals surface area contributed by atoms with Gasteiger partial charge in [0.2, 0.25) is 5.91 Å². The van der Waals surface area contributed by atoms with Crippen molar-refractivity contribution in [2.24, 2.45) is 11.7 Å². The van der Waals surface area contributed by atoms with Crippen molar-refractivity contribution in [2.75, 3.05) is 6.54 Å². The zero-order valence-electron chi connectivity index (χ0n) is 11.5. The Morgan fingerprint density at radius 3 is 2.26 bits per heavy atom. The Labute approximate surface area is 113 Å². The average Bonchev–Trinajstić information content (AvgIpc) is 2.36. The van der Waals surface area contributed by atoms with Crippen molar-refractivity contribution in [2.45, 2.75) is 26.9 Å². The molecule has 0 saturated carbocycles. The number of carbonyl (C=O) groups excluding carboxylic acids is 2. The van der Waals surface area contributed by atoms with Crippen LogP contribution in [0.25, 0.3) is 0 Å². The smallest absolute Gasteiger partial charge is 0.260 e. The van der Waals surface area contributed by atoms with Crippen molar-refractivity contribution in [3.05, 3.63) is 29.8 Å². The Morgan fingerprint density at radius 2 is 1.79 bits per heavy atom. The maximum atomic E-state index is 11.7. The Hall–Kier alpha value is -2.04. The van der Waals surface area contributed by atoms with Gasteiger partial charge in [-0.3, -0.25) is 9.59 Å². The van der Waals surface area contributed by atoms with E-state index < -0.39 is 12.0 Å². The molecule has 1 aromatic rings. The van der Waals surface area contributed by atoms with E-state index in [-0.39, 0.29) is 5.91 Å². The molecule has 0 aliphatic heterocycles. The zero-order valence-corrected chi connectivity index (χ0v) is 11.5. The molecule has 0 aliphatic rings. The first-order valence-electron chi connectivity index (χ1n) is 6.24. The molecule has 104 valence electrons. The fourth-order valence-electron chi connectivity index (χ4n) is 1.40. The van der Waals surface area contributed by atoms with Gasteiger partial charge in [-0.2, -0.15) is 0 Å². The molecule has 1 atom stereocenters. The van der Waals surface area contributed by atoms with Gasteiger partial charge < -0.3 is 15.8 Å². The second-order valence-corrected chi connectivity index (χ2v) is 4.79. The van der Waals surface area contributed by atoms with Crippen molar-refractivity contribution in [1.29, 1.82) is 0 Å². The standard InChI is InChI=1S/C14H20N2O3/c1-9(2)8-16-14(18)10(3)19-12-6-4-11(5-7-12)13(15)17/h4-7,9-10H,8H2,1-3H3,(H2,15,17)(H,16,18)/t10-/m1/s1. The minimum absolute atomic E-state index is 0.160. The Bertz CT molecular complexity index is 441. The highest BCUT2D eigenvalue weighted by atomic mass is 16.5. The van der Waals surface area contributed by atoms with E-state index >= 15 is 0 Å². The van der Waals surface area contributed by atoms with Gasteiger partial charge in [-0.05, 0) is 37.1 Å². The SMILES string of the molecule is CC(C)CNC(=O)[C@@H](C)Oc1ccc(C(N)=O)cc1. The molecule has 0 saturated heterocycles. The van der Waals surface area contributed by atoms with E-state index in [1.807, 2.05) is 13.8 Å². The first kappa shape index (κ1) is 15.0. The van der Waals surface area contributed by atoms with Crippen LogP contribution in [0.1, 0.15) is 31.1 Å². The van der Waals surface area contributed by atoms with Crippen LogP contribution in [0.15, 0.2) is 24.3 Å². The van der Waals surface area contributed by atoms with Gasteiger partial charge in [-0.25, -0.2) is 0 Å². The number of primary amides is 1. The predicted molar refractivity (Wildman–Crippen MR) is 72.9 cm³/mol. The lowest BCUT2D eigenvalue weighted by Crippen LogP contribution is -2.38. The second kappa shape index (κ2) is 6.78. The molecular formula is C14H20N2O3. The lowest BCUT2D eigenvalue weighted by Gasteiger charge is -2.15. The van der Waals surface area contributed by atoms with Crippen LogP contribution in [-0.2, 0) is 4.79 Å². The first-order chi connectivity index (χ1) is 8.90. The van der Waals surface area contributed by atoms with E-state index in [2.05, 4.69) is 5.32 Å². The van der Waals surface area contributed by atoms with Crippen LogP contribution in [0, 0.1) is 5.92 Å². The number of nitrogens with two attached hydrogens (primary N) is 1. The monoisotopic (exact) mass is 264 g/mol. The molecule has 2 amide bonds. The van der Waals surface area contributed by atoms with Gasteiger partial charge in [0.1, 0.15) is 5.75 Å². The van der Waals surface area contributed by atoms with Crippen LogP contribution >= 0.6 is 0 Å². The summed E-state index contributed by atoms with van der Waals surface area (Å²) in [6.45, 7) is 6.34. The molecule has 0 fully saturated rings. The van der Waals surface area contributed by atoms with Crippen LogP contribution in [0.4, 0.5) is 0 Å². The fraction of sp³-hybridized carbons (Fsp3) is 0.429. The molecule has 3 N–H and O–H groups in total. The van der Waals surface area contributed by atoms with Gasteiger partial charge in [0.05, 0.1) is 0 Å². The van der Waals surface area contributed by atoms with Gasteiger partial charge in [-0.15, -0.1) is 0 Å². The quantitative estimate of drug-likeness (QED) is 0.813. The third-order valence-corrected chi connectivity index (χ3v) is 2.51. The number of hydrogen-bond donors (Lipinski definition) is 2. The summed E-state index contributed by atoms with van der Waals surface area (Å²) in [5.74, 6) is 0.269. The molecule has 19 heavy (non-hydrogen) atoms. The molecule has 5 nitrogen and oxygen atoms in total. The lowest BCUT2D eigenvalue weighted by atomic mass is 10.2. The molecule has 0 radical (unpaired) electrons. The molecule has 1 aromatic carbocycles. The summed E-state index contributed by atoms with van der Waals surface area (Å²) in [5, 5.41) is 2.79. The highest BCUT2D eigenvalue weighted by molar-refractivity contribution is 5.92. The second-order valence-electron chi connectivity index (χ2n) is 4.79. The van der Waals surface area contributed by atoms with Gasteiger partial charge in [0, 0.05) is 12.1 Å². The van der Waals surface area contributed by atoms with Crippen molar-refractivity contribution in [3.8, 4) is 5.75 Å². The average molecular weight is 264 g/mol. The third kappa shape index (κ3) is 4.99. The third-order valence-electron chi connectivity index (χ3n) is 2.51. The van der Waals surface area contributed by atoms with Gasteiger partial charge in [0.25, 0.3) is 5.91 Å². The van der Waals surface area contributed by atoms with Gasteiger partial charge in [-0.1, -0.05) is 13.8 Å². The van der Waals surface area contributed by atoms with Crippen LogP contribution in [-0.4, -0.2) is 24.5 Å². The summed E-state index contributed by atoms with van der Waals surface area (Å²) < 4.78 is 5.48. The normalized spacial score (nSPS) is 12.0. The summed E-state index contributed by atoms with van der Waals surface area (Å²) in [6.07, 6.45) is -0.585. The maximum absolute atomic E-state index is 11.7. The Balaban J connectivity index is 2.54. The Morgan fingerprint density at radius 1 is 1.21 bits per heavy atom.